The third-order valence-electron chi connectivity index (χ3n) is 2.96. The molecule has 0 amide bonds. The zero-order chi connectivity index (χ0) is 13.1. The van der Waals surface area contributed by atoms with E-state index in [0.29, 0.717) is 32.5 Å². The molecule has 1 heterocycles. The highest BCUT2D eigenvalue weighted by atomic mass is 32.2. The Hall–Kier alpha value is -0.170. The molecule has 17 heavy (non-hydrogen) atoms. The van der Waals surface area contributed by atoms with E-state index in [4.69, 9.17) is 9.84 Å². The molecule has 1 N–H and O–H groups in total. The van der Waals surface area contributed by atoms with Crippen molar-refractivity contribution < 1.29 is 18.3 Å². The Labute approximate surface area is 104 Å². The summed E-state index contributed by atoms with van der Waals surface area (Å²) < 4.78 is 30.6. The van der Waals surface area contributed by atoms with E-state index in [9.17, 15) is 8.42 Å². The molecule has 5 nitrogen and oxygen atoms in total. The van der Waals surface area contributed by atoms with Gasteiger partial charge in [-0.15, -0.1) is 0 Å². The molecule has 0 atom stereocenters. The van der Waals surface area contributed by atoms with Gasteiger partial charge in [0.25, 0.3) is 0 Å². The van der Waals surface area contributed by atoms with E-state index >= 15 is 0 Å². The van der Waals surface area contributed by atoms with Crippen LogP contribution in [0.15, 0.2) is 0 Å². The fourth-order valence-electron chi connectivity index (χ4n) is 1.85. The lowest BCUT2D eigenvalue weighted by Crippen LogP contribution is -2.47. The van der Waals surface area contributed by atoms with Crippen molar-refractivity contribution >= 4 is 10.0 Å². The molecule has 1 aliphatic heterocycles. The van der Waals surface area contributed by atoms with Crippen molar-refractivity contribution in [3.05, 3.63) is 0 Å². The molecular formula is C11H23NO4S. The molecule has 0 aliphatic carbocycles. The first kappa shape index (κ1) is 14.9. The molecule has 0 aromatic carbocycles. The van der Waals surface area contributed by atoms with Crippen molar-refractivity contribution in [2.75, 3.05) is 26.3 Å². The molecule has 6 heteroatoms. The average Bonchev–Trinajstić information content (AvgIpc) is 2.25. The van der Waals surface area contributed by atoms with Crippen molar-refractivity contribution in [3.8, 4) is 0 Å². The number of sulfonamides is 1. The molecule has 0 bridgehead atoms. The number of aliphatic hydroxyl groups excluding tert-OH is 1. The second-order valence-corrected chi connectivity index (χ2v) is 8.00. The first-order valence-corrected chi connectivity index (χ1v) is 7.45. The lowest BCUT2D eigenvalue weighted by atomic mass is 10.1. The quantitative estimate of drug-likeness (QED) is 0.808. The number of nitrogens with zero attached hydrogens (tertiary/aromatic N) is 1. The van der Waals surface area contributed by atoms with Gasteiger partial charge in [0.1, 0.15) is 0 Å². The van der Waals surface area contributed by atoms with Crippen LogP contribution in [0, 0.1) is 0 Å². The van der Waals surface area contributed by atoms with Gasteiger partial charge in [0, 0.05) is 13.1 Å². The van der Waals surface area contributed by atoms with Crippen LogP contribution in [0.1, 0.15) is 33.6 Å². The van der Waals surface area contributed by atoms with E-state index in [1.54, 1.807) is 25.1 Å². The van der Waals surface area contributed by atoms with E-state index < -0.39 is 14.8 Å². The van der Waals surface area contributed by atoms with E-state index in [1.165, 1.54) is 0 Å². The molecule has 0 aromatic heterocycles. The Balaban J connectivity index is 2.53. The highest BCUT2D eigenvalue weighted by Gasteiger charge is 2.37. The summed E-state index contributed by atoms with van der Waals surface area (Å²) in [7, 11) is -3.22. The van der Waals surface area contributed by atoms with Crippen LogP contribution in [-0.4, -0.2) is 55.0 Å². The van der Waals surface area contributed by atoms with Gasteiger partial charge in [-0.05, 0) is 33.6 Å². The molecule has 1 fully saturated rings. The fourth-order valence-corrected chi connectivity index (χ4v) is 3.31. The van der Waals surface area contributed by atoms with Crippen LogP contribution in [0.2, 0.25) is 0 Å². The number of aliphatic hydroxyl groups is 1. The number of ether oxygens (including phenoxy) is 1. The van der Waals surface area contributed by atoms with Gasteiger partial charge in [-0.25, -0.2) is 12.7 Å². The maximum absolute atomic E-state index is 12.2. The van der Waals surface area contributed by atoms with E-state index in [0.717, 1.165) is 0 Å². The molecule has 0 spiro atoms. The van der Waals surface area contributed by atoms with Gasteiger partial charge in [0.15, 0.2) is 0 Å². The van der Waals surface area contributed by atoms with Crippen LogP contribution < -0.4 is 0 Å². The zero-order valence-electron chi connectivity index (χ0n) is 10.8. The van der Waals surface area contributed by atoms with Crippen molar-refractivity contribution in [2.24, 2.45) is 0 Å². The Morgan fingerprint density at radius 2 is 1.82 bits per heavy atom. The molecule has 0 radical (unpaired) electrons. The highest BCUT2D eigenvalue weighted by molar-refractivity contribution is 7.90. The number of rotatable bonds is 4. The predicted molar refractivity (Wildman–Crippen MR) is 66.3 cm³/mol. The Kier molecular flexibility index (Phi) is 4.95. The lowest BCUT2D eigenvalue weighted by Gasteiger charge is -2.35. The molecule has 0 unspecified atom stereocenters. The van der Waals surface area contributed by atoms with Gasteiger partial charge in [0.2, 0.25) is 10.0 Å². The second kappa shape index (κ2) is 5.65. The van der Waals surface area contributed by atoms with Crippen LogP contribution in [0.25, 0.3) is 0 Å². The standard InChI is InChI=1S/C11H23NO4S/c1-11(2,3)17(14,15)12-6-4-10(5-7-12)16-9-8-13/h10,13H,4-9H2,1-3H3. The van der Waals surface area contributed by atoms with Gasteiger partial charge >= 0.3 is 0 Å². The summed E-state index contributed by atoms with van der Waals surface area (Å²) in [5.74, 6) is 0. The molecular weight excluding hydrogens is 242 g/mol. The Morgan fingerprint density at radius 3 is 2.24 bits per heavy atom. The van der Waals surface area contributed by atoms with Crippen LogP contribution >= 0.6 is 0 Å². The van der Waals surface area contributed by atoms with Crippen LogP contribution in [0.3, 0.4) is 0 Å². The summed E-state index contributed by atoms with van der Waals surface area (Å²) in [4.78, 5) is 0. The maximum atomic E-state index is 12.2. The molecule has 1 rings (SSSR count). The van der Waals surface area contributed by atoms with Crippen LogP contribution in [0.5, 0.6) is 0 Å². The molecule has 102 valence electrons. The normalized spacial score (nSPS) is 20.7. The summed E-state index contributed by atoms with van der Waals surface area (Å²) in [6, 6.07) is 0. The third kappa shape index (κ3) is 3.64. The number of hydrogen-bond donors (Lipinski definition) is 1. The monoisotopic (exact) mass is 265 g/mol. The third-order valence-corrected chi connectivity index (χ3v) is 5.55. The number of hydrogen-bond acceptors (Lipinski definition) is 4. The van der Waals surface area contributed by atoms with E-state index in [1.807, 2.05) is 0 Å². The van der Waals surface area contributed by atoms with E-state index in [-0.39, 0.29) is 12.7 Å². The summed E-state index contributed by atoms with van der Waals surface area (Å²) in [5.41, 5.74) is 0. The predicted octanol–water partition coefficient (Wildman–Crippen LogP) is 0.588. The van der Waals surface area contributed by atoms with Gasteiger partial charge in [-0.3, -0.25) is 0 Å². The van der Waals surface area contributed by atoms with Gasteiger partial charge in [-0.2, -0.15) is 0 Å². The largest absolute Gasteiger partial charge is 0.394 e. The Bertz CT molecular complexity index is 326. The fraction of sp³-hybridized carbons (Fsp3) is 1.00. The van der Waals surface area contributed by atoms with Crippen LogP contribution in [-0.2, 0) is 14.8 Å². The van der Waals surface area contributed by atoms with Crippen molar-refractivity contribution in [1.82, 2.24) is 4.31 Å². The molecule has 1 saturated heterocycles. The van der Waals surface area contributed by atoms with Crippen molar-refractivity contribution in [1.29, 1.82) is 0 Å². The Morgan fingerprint density at radius 1 is 1.29 bits per heavy atom. The van der Waals surface area contributed by atoms with Crippen LogP contribution in [0.4, 0.5) is 0 Å². The minimum Gasteiger partial charge on any atom is -0.394 e. The molecule has 1 aliphatic rings. The van der Waals surface area contributed by atoms with Crippen molar-refractivity contribution in [2.45, 2.75) is 44.5 Å². The molecule has 0 saturated carbocycles. The van der Waals surface area contributed by atoms with Gasteiger partial charge in [0.05, 0.1) is 24.1 Å². The summed E-state index contributed by atoms with van der Waals surface area (Å²) in [6.45, 7) is 6.52. The summed E-state index contributed by atoms with van der Waals surface area (Å²) >= 11 is 0. The lowest BCUT2D eigenvalue weighted by molar-refractivity contribution is 0.00298. The zero-order valence-corrected chi connectivity index (χ0v) is 11.7. The summed E-state index contributed by atoms with van der Waals surface area (Å²) in [6.07, 6.45) is 1.48. The van der Waals surface area contributed by atoms with Gasteiger partial charge < -0.3 is 9.84 Å². The highest BCUT2D eigenvalue weighted by Crippen LogP contribution is 2.24. The topological polar surface area (TPSA) is 66.8 Å². The van der Waals surface area contributed by atoms with E-state index in [2.05, 4.69) is 0 Å². The first-order chi connectivity index (χ1) is 7.79. The average molecular weight is 265 g/mol. The van der Waals surface area contributed by atoms with Gasteiger partial charge in [-0.1, -0.05) is 0 Å². The molecule has 0 aromatic rings. The first-order valence-electron chi connectivity index (χ1n) is 6.01. The van der Waals surface area contributed by atoms with Crippen molar-refractivity contribution in [3.63, 3.8) is 0 Å². The maximum Gasteiger partial charge on any atom is 0.219 e. The second-order valence-electron chi connectivity index (χ2n) is 5.31. The summed E-state index contributed by atoms with van der Waals surface area (Å²) in [5, 5.41) is 8.65. The number of piperidine rings is 1. The smallest absolute Gasteiger partial charge is 0.219 e. The minimum absolute atomic E-state index is 0.0144. The minimum atomic E-state index is -3.22. The SMILES string of the molecule is CC(C)(C)S(=O)(=O)N1CCC(OCCO)CC1.